The Kier molecular flexibility index (Phi) is 6.04. The van der Waals surface area contributed by atoms with Gasteiger partial charge in [0.2, 0.25) is 5.95 Å². The first-order chi connectivity index (χ1) is 14.4. The molecule has 0 bridgehead atoms. The summed E-state index contributed by atoms with van der Waals surface area (Å²) in [6.45, 7) is 10.3. The van der Waals surface area contributed by atoms with Crippen LogP contribution in [0.3, 0.4) is 0 Å². The second-order valence-corrected chi connectivity index (χ2v) is 11.2. The second-order valence-electron chi connectivity index (χ2n) is 7.63. The third-order valence-corrected chi connectivity index (χ3v) is 8.36. The molecule has 1 saturated heterocycles. The summed E-state index contributed by atoms with van der Waals surface area (Å²) in [5.74, 6) is 0.692. The predicted octanol–water partition coefficient (Wildman–Crippen LogP) is 3.75. The maximum absolute atomic E-state index is 12.5. The molecule has 30 heavy (non-hydrogen) atoms. The highest BCUT2D eigenvalue weighted by atomic mass is 32.2. The van der Waals surface area contributed by atoms with Crippen LogP contribution in [0.4, 0.5) is 5.95 Å². The fourth-order valence-electron chi connectivity index (χ4n) is 3.83. The third kappa shape index (κ3) is 4.33. The molecule has 0 amide bonds. The molecule has 9 heteroatoms. The summed E-state index contributed by atoms with van der Waals surface area (Å²) in [5.41, 5.74) is 2.40. The van der Waals surface area contributed by atoms with Crippen molar-refractivity contribution in [3.05, 3.63) is 41.2 Å². The van der Waals surface area contributed by atoms with Crippen molar-refractivity contribution in [3.8, 4) is 0 Å². The molecule has 0 N–H and O–H groups in total. The van der Waals surface area contributed by atoms with Gasteiger partial charge < -0.3 is 4.90 Å². The van der Waals surface area contributed by atoms with E-state index in [1.165, 1.54) is 10.3 Å². The molecular formula is C21H28N6OS2. The number of anilines is 1. The Hall–Kier alpha value is -2.10. The Labute approximate surface area is 182 Å². The SMILES string of the molecule is CCN=S(C)(=O)c1cnc(N2CCN(C(C)c3ccc4sc(C)nc4c3)CC2)nc1. The van der Waals surface area contributed by atoms with Crippen molar-refractivity contribution in [3.63, 3.8) is 0 Å². The van der Waals surface area contributed by atoms with Gasteiger partial charge in [-0.1, -0.05) is 6.07 Å². The van der Waals surface area contributed by atoms with Gasteiger partial charge in [0.1, 0.15) is 0 Å². The first kappa shape index (κ1) is 21.1. The van der Waals surface area contributed by atoms with Gasteiger partial charge in [0.15, 0.2) is 0 Å². The zero-order chi connectivity index (χ0) is 21.3. The van der Waals surface area contributed by atoms with E-state index in [9.17, 15) is 4.21 Å². The highest BCUT2D eigenvalue weighted by Crippen LogP contribution is 2.28. The number of nitrogens with zero attached hydrogens (tertiary/aromatic N) is 6. The Bertz CT molecular complexity index is 1140. The van der Waals surface area contributed by atoms with Crippen molar-refractivity contribution < 1.29 is 4.21 Å². The molecule has 2 atom stereocenters. The molecule has 1 aliphatic heterocycles. The minimum Gasteiger partial charge on any atom is -0.338 e. The van der Waals surface area contributed by atoms with E-state index >= 15 is 0 Å². The minimum atomic E-state index is -2.40. The van der Waals surface area contributed by atoms with Crippen LogP contribution in [0.15, 0.2) is 39.9 Å². The molecule has 2 aromatic heterocycles. The van der Waals surface area contributed by atoms with Gasteiger partial charge >= 0.3 is 0 Å². The van der Waals surface area contributed by atoms with Gasteiger partial charge in [-0.25, -0.2) is 23.5 Å². The molecule has 2 unspecified atom stereocenters. The number of aryl methyl sites for hydroxylation is 1. The molecule has 160 valence electrons. The zero-order valence-corrected chi connectivity index (χ0v) is 19.5. The Morgan fingerprint density at radius 1 is 1.20 bits per heavy atom. The third-order valence-electron chi connectivity index (χ3n) is 5.57. The molecule has 1 aliphatic rings. The van der Waals surface area contributed by atoms with Gasteiger partial charge in [0, 0.05) is 57.4 Å². The topological polar surface area (TPSA) is 74.6 Å². The van der Waals surface area contributed by atoms with Crippen LogP contribution >= 0.6 is 11.3 Å². The molecule has 0 spiro atoms. The number of fused-ring (bicyclic) bond motifs is 1. The van der Waals surface area contributed by atoms with Crippen LogP contribution in [0.1, 0.15) is 30.5 Å². The molecule has 1 fully saturated rings. The average Bonchev–Trinajstić information content (AvgIpc) is 3.12. The van der Waals surface area contributed by atoms with Crippen LogP contribution in [0.2, 0.25) is 0 Å². The summed E-state index contributed by atoms with van der Waals surface area (Å²) in [5, 5.41) is 1.11. The van der Waals surface area contributed by atoms with E-state index in [-0.39, 0.29) is 0 Å². The van der Waals surface area contributed by atoms with E-state index in [1.807, 2.05) is 6.92 Å². The van der Waals surface area contributed by atoms with Crippen molar-refractivity contribution in [2.45, 2.75) is 31.7 Å². The summed E-state index contributed by atoms with van der Waals surface area (Å²) in [7, 11) is -2.40. The van der Waals surface area contributed by atoms with Gasteiger partial charge in [-0.2, -0.15) is 0 Å². The number of thiazole rings is 1. The molecule has 3 heterocycles. The lowest BCUT2D eigenvalue weighted by Crippen LogP contribution is -2.47. The van der Waals surface area contributed by atoms with Crippen molar-refractivity contribution in [1.29, 1.82) is 0 Å². The van der Waals surface area contributed by atoms with Crippen LogP contribution < -0.4 is 4.90 Å². The lowest BCUT2D eigenvalue weighted by atomic mass is 10.1. The Morgan fingerprint density at radius 3 is 2.57 bits per heavy atom. The maximum atomic E-state index is 12.5. The van der Waals surface area contributed by atoms with Crippen LogP contribution in [0.25, 0.3) is 10.2 Å². The highest BCUT2D eigenvalue weighted by molar-refractivity contribution is 7.93. The van der Waals surface area contributed by atoms with E-state index in [4.69, 9.17) is 0 Å². The summed E-state index contributed by atoms with van der Waals surface area (Å²) < 4.78 is 18.0. The smallest absolute Gasteiger partial charge is 0.225 e. The molecule has 0 saturated carbocycles. The van der Waals surface area contributed by atoms with Gasteiger partial charge in [0.05, 0.1) is 29.8 Å². The van der Waals surface area contributed by atoms with Crippen molar-refractivity contribution >= 4 is 37.2 Å². The van der Waals surface area contributed by atoms with Crippen molar-refractivity contribution in [1.82, 2.24) is 19.9 Å². The summed E-state index contributed by atoms with van der Waals surface area (Å²) in [6.07, 6.45) is 4.95. The monoisotopic (exact) mass is 444 g/mol. The van der Waals surface area contributed by atoms with Crippen LogP contribution in [0.5, 0.6) is 0 Å². The molecule has 1 aromatic carbocycles. The number of benzene rings is 1. The van der Waals surface area contributed by atoms with E-state index in [0.717, 1.165) is 36.7 Å². The normalized spacial score (nSPS) is 18.3. The first-order valence-corrected chi connectivity index (χ1v) is 13.0. The standard InChI is InChI=1S/C21H28N6OS2/c1-5-24-30(4,28)18-13-22-21(23-14-18)27-10-8-26(9-11-27)15(2)17-6-7-20-19(12-17)25-16(3)29-20/h6-7,12-15H,5,8-11H2,1-4H3. The fourth-order valence-corrected chi connectivity index (χ4v) is 5.77. The van der Waals surface area contributed by atoms with Gasteiger partial charge in [-0.05, 0) is 38.5 Å². The summed E-state index contributed by atoms with van der Waals surface area (Å²) >= 11 is 1.74. The largest absolute Gasteiger partial charge is 0.338 e. The van der Waals surface area contributed by atoms with Crippen LogP contribution in [0, 0.1) is 6.92 Å². The van der Waals surface area contributed by atoms with E-state index in [0.29, 0.717) is 23.4 Å². The number of aromatic nitrogens is 3. The number of hydrogen-bond acceptors (Lipinski definition) is 8. The lowest BCUT2D eigenvalue weighted by molar-refractivity contribution is 0.198. The lowest BCUT2D eigenvalue weighted by Gasteiger charge is -2.38. The predicted molar refractivity (Wildman–Crippen MR) is 124 cm³/mol. The van der Waals surface area contributed by atoms with E-state index in [2.05, 4.69) is 61.2 Å². The molecule has 0 radical (unpaired) electrons. The molecule has 7 nitrogen and oxygen atoms in total. The number of piperazine rings is 1. The van der Waals surface area contributed by atoms with Gasteiger partial charge in [-0.15, -0.1) is 11.3 Å². The Morgan fingerprint density at radius 2 is 1.90 bits per heavy atom. The fraction of sp³-hybridized carbons (Fsp3) is 0.476. The van der Waals surface area contributed by atoms with Gasteiger partial charge in [-0.3, -0.25) is 4.90 Å². The Balaban J connectivity index is 1.41. The van der Waals surface area contributed by atoms with Gasteiger partial charge in [0.25, 0.3) is 0 Å². The van der Waals surface area contributed by atoms with Crippen molar-refractivity contribution in [2.24, 2.45) is 4.36 Å². The average molecular weight is 445 g/mol. The van der Waals surface area contributed by atoms with E-state index < -0.39 is 9.73 Å². The second kappa shape index (κ2) is 8.56. The zero-order valence-electron chi connectivity index (χ0n) is 17.9. The quantitative estimate of drug-likeness (QED) is 0.597. The minimum absolute atomic E-state index is 0.335. The van der Waals surface area contributed by atoms with E-state index in [1.54, 1.807) is 30.0 Å². The van der Waals surface area contributed by atoms with Crippen LogP contribution in [-0.4, -0.2) is 63.0 Å². The highest BCUT2D eigenvalue weighted by Gasteiger charge is 2.24. The van der Waals surface area contributed by atoms with Crippen molar-refractivity contribution in [2.75, 3.05) is 43.9 Å². The molecular weight excluding hydrogens is 416 g/mol. The summed E-state index contributed by atoms with van der Waals surface area (Å²) in [4.78, 5) is 18.8. The summed E-state index contributed by atoms with van der Waals surface area (Å²) in [6, 6.07) is 6.97. The first-order valence-electron chi connectivity index (χ1n) is 10.2. The molecule has 3 aromatic rings. The number of rotatable bonds is 5. The van der Waals surface area contributed by atoms with Crippen LogP contribution in [-0.2, 0) is 9.73 Å². The maximum Gasteiger partial charge on any atom is 0.225 e. The number of hydrogen-bond donors (Lipinski definition) is 0. The molecule has 0 aliphatic carbocycles. The molecule has 4 rings (SSSR count).